The third-order valence-corrected chi connectivity index (χ3v) is 5.38. The molecule has 0 unspecified atom stereocenters. The van der Waals surface area contributed by atoms with Crippen molar-refractivity contribution >= 4 is 16.7 Å². The molecule has 0 radical (unpaired) electrons. The summed E-state index contributed by atoms with van der Waals surface area (Å²) in [6.45, 7) is 6.02. The molecule has 1 aromatic heterocycles. The van der Waals surface area contributed by atoms with Crippen molar-refractivity contribution in [2.75, 3.05) is 45.6 Å². The first-order chi connectivity index (χ1) is 13.7. The van der Waals surface area contributed by atoms with Crippen LogP contribution in [0, 0.1) is 0 Å². The molecule has 2 aromatic carbocycles. The van der Waals surface area contributed by atoms with Crippen molar-refractivity contribution in [2.24, 2.45) is 0 Å². The van der Waals surface area contributed by atoms with Crippen molar-refractivity contribution in [2.45, 2.75) is 13.0 Å². The fraction of sp³-hybridized carbons (Fsp3) is 0.364. The van der Waals surface area contributed by atoms with Gasteiger partial charge in [0.2, 0.25) is 0 Å². The summed E-state index contributed by atoms with van der Waals surface area (Å²) in [4.78, 5) is 14.1. The molecule has 2 N–H and O–H groups in total. The van der Waals surface area contributed by atoms with Crippen molar-refractivity contribution < 1.29 is 4.74 Å². The van der Waals surface area contributed by atoms with Gasteiger partial charge in [0.05, 0.1) is 19.2 Å². The third-order valence-electron chi connectivity index (χ3n) is 5.38. The van der Waals surface area contributed by atoms with E-state index < -0.39 is 0 Å². The Morgan fingerprint density at radius 3 is 2.39 bits per heavy atom. The van der Waals surface area contributed by atoms with Gasteiger partial charge in [-0.3, -0.25) is 4.90 Å². The summed E-state index contributed by atoms with van der Waals surface area (Å²) in [6, 6.07) is 16.3. The summed E-state index contributed by atoms with van der Waals surface area (Å²) in [5, 5.41) is 0.926. The molecule has 1 saturated heterocycles. The van der Waals surface area contributed by atoms with Crippen LogP contribution >= 0.6 is 0 Å². The van der Waals surface area contributed by atoms with Crippen molar-refractivity contribution in [1.29, 1.82) is 0 Å². The van der Waals surface area contributed by atoms with Crippen LogP contribution in [0.5, 0.6) is 5.75 Å². The summed E-state index contributed by atoms with van der Waals surface area (Å²) in [6.07, 6.45) is 1.06. The van der Waals surface area contributed by atoms with Crippen LogP contribution in [0.2, 0.25) is 0 Å². The minimum Gasteiger partial charge on any atom is -0.497 e. The second kappa shape index (κ2) is 8.54. The number of nitrogens with zero attached hydrogens (tertiary/aromatic N) is 4. The van der Waals surface area contributed by atoms with Gasteiger partial charge in [-0.1, -0.05) is 24.3 Å². The van der Waals surface area contributed by atoms with E-state index in [0.717, 1.165) is 68.2 Å². The van der Waals surface area contributed by atoms with Gasteiger partial charge in [0.25, 0.3) is 0 Å². The number of ether oxygens (including phenoxy) is 1. The van der Waals surface area contributed by atoms with E-state index in [1.54, 1.807) is 7.11 Å². The predicted octanol–water partition coefficient (Wildman–Crippen LogP) is 2.58. The molecular weight excluding hydrogens is 350 g/mol. The number of methoxy groups -OCH3 is 1. The zero-order valence-corrected chi connectivity index (χ0v) is 16.3. The highest BCUT2D eigenvalue weighted by atomic mass is 16.5. The highest BCUT2D eigenvalue weighted by Crippen LogP contribution is 2.18. The lowest BCUT2D eigenvalue weighted by atomic mass is 10.1. The fourth-order valence-corrected chi connectivity index (χ4v) is 3.67. The first kappa shape index (κ1) is 18.7. The molecule has 3 aromatic rings. The zero-order valence-electron chi connectivity index (χ0n) is 16.3. The Kier molecular flexibility index (Phi) is 5.69. The summed E-state index contributed by atoms with van der Waals surface area (Å²) in [5.74, 6) is 2.29. The third kappa shape index (κ3) is 4.40. The van der Waals surface area contributed by atoms with Crippen LogP contribution in [0.3, 0.4) is 0 Å². The average molecular weight is 377 g/mol. The monoisotopic (exact) mass is 377 g/mol. The molecule has 0 spiro atoms. The molecule has 2 heterocycles. The van der Waals surface area contributed by atoms with E-state index in [4.69, 9.17) is 10.5 Å². The molecular formula is C22H27N5O. The fourth-order valence-electron chi connectivity index (χ4n) is 3.67. The molecule has 1 aliphatic rings. The van der Waals surface area contributed by atoms with E-state index in [1.165, 1.54) is 5.56 Å². The lowest BCUT2D eigenvalue weighted by Crippen LogP contribution is -2.46. The van der Waals surface area contributed by atoms with Gasteiger partial charge in [-0.2, -0.15) is 0 Å². The minimum atomic E-state index is 0.568. The Morgan fingerprint density at radius 1 is 0.929 bits per heavy atom. The van der Waals surface area contributed by atoms with Gasteiger partial charge >= 0.3 is 0 Å². The van der Waals surface area contributed by atoms with Gasteiger partial charge in [-0.15, -0.1) is 0 Å². The number of piperazine rings is 1. The maximum Gasteiger partial charge on any atom is 0.145 e. The number of hydrogen-bond donors (Lipinski definition) is 1. The molecule has 28 heavy (non-hydrogen) atoms. The lowest BCUT2D eigenvalue weighted by molar-refractivity contribution is 0.126. The Morgan fingerprint density at radius 2 is 1.64 bits per heavy atom. The van der Waals surface area contributed by atoms with Crippen molar-refractivity contribution in [3.05, 3.63) is 59.9 Å². The summed E-state index contributed by atoms with van der Waals surface area (Å²) >= 11 is 0. The van der Waals surface area contributed by atoms with Crippen LogP contribution in [0.15, 0.2) is 48.5 Å². The highest BCUT2D eigenvalue weighted by Gasteiger charge is 2.18. The Labute approximate surface area is 165 Å². The molecule has 1 aliphatic heterocycles. The number of nitrogen functional groups attached to an aromatic ring is 1. The number of fused-ring (bicyclic) bond motifs is 1. The van der Waals surface area contributed by atoms with E-state index in [0.29, 0.717) is 5.82 Å². The molecule has 6 nitrogen and oxygen atoms in total. The Bertz CT molecular complexity index is 920. The van der Waals surface area contributed by atoms with Gasteiger partial charge in [0, 0.05) is 38.1 Å². The van der Waals surface area contributed by atoms with E-state index in [1.807, 2.05) is 36.4 Å². The second-order valence-corrected chi connectivity index (χ2v) is 7.26. The minimum absolute atomic E-state index is 0.568. The number of rotatable bonds is 6. The van der Waals surface area contributed by atoms with Gasteiger partial charge in [0.1, 0.15) is 17.4 Å². The maximum atomic E-state index is 6.11. The number of anilines is 1. The molecule has 146 valence electrons. The van der Waals surface area contributed by atoms with Gasteiger partial charge in [-0.25, -0.2) is 9.97 Å². The van der Waals surface area contributed by atoms with Crippen LogP contribution in [0.4, 0.5) is 5.82 Å². The van der Waals surface area contributed by atoms with E-state index in [2.05, 4.69) is 31.9 Å². The number of para-hydroxylation sites is 1. The number of nitrogens with two attached hydrogens (primary N) is 1. The van der Waals surface area contributed by atoms with Gasteiger partial charge in [-0.05, 0) is 36.2 Å². The van der Waals surface area contributed by atoms with Crippen LogP contribution in [-0.2, 0) is 13.0 Å². The quantitative estimate of drug-likeness (QED) is 0.712. The van der Waals surface area contributed by atoms with Crippen LogP contribution in [-0.4, -0.2) is 59.6 Å². The molecule has 1 fully saturated rings. The Hall–Kier alpha value is -2.70. The van der Waals surface area contributed by atoms with E-state index in [-0.39, 0.29) is 0 Å². The zero-order chi connectivity index (χ0) is 19.3. The van der Waals surface area contributed by atoms with Gasteiger partial charge in [0.15, 0.2) is 0 Å². The van der Waals surface area contributed by atoms with E-state index in [9.17, 15) is 0 Å². The van der Waals surface area contributed by atoms with Crippen LogP contribution < -0.4 is 10.5 Å². The van der Waals surface area contributed by atoms with E-state index >= 15 is 0 Å². The molecule has 6 heteroatoms. The number of benzene rings is 2. The second-order valence-electron chi connectivity index (χ2n) is 7.26. The number of hydrogen-bond acceptors (Lipinski definition) is 6. The van der Waals surface area contributed by atoms with Crippen molar-refractivity contribution in [3.63, 3.8) is 0 Å². The molecule has 0 amide bonds. The molecule has 0 aliphatic carbocycles. The smallest absolute Gasteiger partial charge is 0.145 e. The molecule has 0 atom stereocenters. The van der Waals surface area contributed by atoms with Crippen LogP contribution in [0.1, 0.15) is 11.4 Å². The normalized spacial score (nSPS) is 15.8. The van der Waals surface area contributed by atoms with Crippen molar-refractivity contribution in [1.82, 2.24) is 19.8 Å². The predicted molar refractivity (Wildman–Crippen MR) is 112 cm³/mol. The maximum absolute atomic E-state index is 6.11. The van der Waals surface area contributed by atoms with Crippen molar-refractivity contribution in [3.8, 4) is 5.75 Å². The Balaban J connectivity index is 1.28. The summed E-state index contributed by atoms with van der Waals surface area (Å²) in [7, 11) is 1.70. The molecule has 0 saturated carbocycles. The largest absolute Gasteiger partial charge is 0.497 e. The first-order valence-corrected chi connectivity index (χ1v) is 9.80. The molecule has 4 rings (SSSR count). The lowest BCUT2D eigenvalue weighted by Gasteiger charge is -2.34. The molecule has 0 bridgehead atoms. The van der Waals surface area contributed by atoms with Gasteiger partial charge < -0.3 is 15.4 Å². The highest BCUT2D eigenvalue weighted by molar-refractivity contribution is 5.87. The number of aromatic nitrogens is 2. The van der Waals surface area contributed by atoms with Crippen LogP contribution in [0.25, 0.3) is 10.9 Å². The topological polar surface area (TPSA) is 67.5 Å². The standard InChI is InChI=1S/C22H27N5O/c1-28-18-8-6-17(7-9-18)10-11-26-12-14-27(15-13-26)16-21-24-20-5-3-2-4-19(20)22(23)25-21/h2-9H,10-16H2,1H3,(H2,23,24,25). The SMILES string of the molecule is COc1ccc(CCN2CCN(Cc3nc(N)c4ccccc4n3)CC2)cc1. The first-order valence-electron chi connectivity index (χ1n) is 9.80. The summed E-state index contributed by atoms with van der Waals surface area (Å²) < 4.78 is 5.22. The summed E-state index contributed by atoms with van der Waals surface area (Å²) in [5.41, 5.74) is 8.38. The average Bonchev–Trinajstić information content (AvgIpc) is 2.74.